The Balaban J connectivity index is 2.76. The average Bonchev–Trinajstić information content (AvgIpc) is 2.50. The molecule has 0 aromatic heterocycles. The minimum Gasteiger partial charge on any atom is -0.413 e. The van der Waals surface area contributed by atoms with Gasteiger partial charge in [-0.25, -0.2) is 0 Å². The van der Waals surface area contributed by atoms with Gasteiger partial charge in [-0.05, 0) is 47.8 Å². The third kappa shape index (κ3) is 6.23. The van der Waals surface area contributed by atoms with Gasteiger partial charge in [0, 0.05) is 10.6 Å². The SMILES string of the molecule is CC(=C=Cc1ccccc1N=[N+]=[N-])/C=C/CO[Si](C)(C)C(C)(C)C. The van der Waals surface area contributed by atoms with E-state index in [2.05, 4.69) is 49.6 Å². The van der Waals surface area contributed by atoms with Crippen molar-refractivity contribution in [2.45, 2.75) is 45.8 Å². The summed E-state index contributed by atoms with van der Waals surface area (Å²) >= 11 is 0. The molecule has 0 unspecified atom stereocenters. The molecule has 0 bridgehead atoms. The fourth-order valence-electron chi connectivity index (χ4n) is 1.69. The summed E-state index contributed by atoms with van der Waals surface area (Å²) in [5.74, 6) is 0. The lowest BCUT2D eigenvalue weighted by Gasteiger charge is -2.35. The van der Waals surface area contributed by atoms with Crippen molar-refractivity contribution in [2.75, 3.05) is 6.61 Å². The molecule has 1 rings (SSSR count). The molecule has 0 aliphatic rings. The zero-order valence-electron chi connectivity index (χ0n) is 15.5. The quantitative estimate of drug-likeness (QED) is 0.141. The summed E-state index contributed by atoms with van der Waals surface area (Å²) in [6.07, 6.45) is 5.86. The van der Waals surface area contributed by atoms with E-state index in [1.165, 1.54) is 0 Å². The summed E-state index contributed by atoms with van der Waals surface area (Å²) in [5.41, 5.74) is 14.2. The Morgan fingerprint density at radius 2 is 2.00 bits per heavy atom. The van der Waals surface area contributed by atoms with Crippen LogP contribution in [0.15, 0.2) is 52.8 Å². The summed E-state index contributed by atoms with van der Waals surface area (Å²) < 4.78 is 6.10. The molecule has 0 atom stereocenters. The molecule has 0 heterocycles. The predicted octanol–water partition coefficient (Wildman–Crippen LogP) is 6.76. The summed E-state index contributed by atoms with van der Waals surface area (Å²) in [6, 6.07) is 7.43. The van der Waals surface area contributed by atoms with Crippen molar-refractivity contribution < 1.29 is 4.43 Å². The van der Waals surface area contributed by atoms with Gasteiger partial charge in [0.25, 0.3) is 0 Å². The molecule has 4 nitrogen and oxygen atoms in total. The van der Waals surface area contributed by atoms with Crippen LogP contribution in [0.5, 0.6) is 0 Å². The molecule has 0 aliphatic heterocycles. The van der Waals surface area contributed by atoms with Gasteiger partial charge >= 0.3 is 0 Å². The Kier molecular flexibility index (Phi) is 7.27. The molecule has 1 aromatic carbocycles. The van der Waals surface area contributed by atoms with E-state index in [1.807, 2.05) is 43.4 Å². The van der Waals surface area contributed by atoms with E-state index in [0.717, 1.165) is 11.1 Å². The van der Waals surface area contributed by atoms with Gasteiger partial charge in [-0.3, -0.25) is 0 Å². The van der Waals surface area contributed by atoms with Gasteiger partial charge in [0.05, 0.1) is 6.61 Å². The van der Waals surface area contributed by atoms with Crippen LogP contribution in [0, 0.1) is 0 Å². The van der Waals surface area contributed by atoms with E-state index in [9.17, 15) is 0 Å². The third-order valence-corrected chi connectivity index (χ3v) is 8.76. The lowest BCUT2D eigenvalue weighted by molar-refractivity contribution is 0.328. The monoisotopic (exact) mass is 341 g/mol. The fraction of sp³-hybridized carbons (Fsp3) is 0.421. The Hall–Kier alpha value is -2.03. The molecule has 0 saturated heterocycles. The Morgan fingerprint density at radius 1 is 1.33 bits per heavy atom. The van der Waals surface area contributed by atoms with Crippen LogP contribution in [0.3, 0.4) is 0 Å². The largest absolute Gasteiger partial charge is 0.413 e. The van der Waals surface area contributed by atoms with E-state index in [1.54, 1.807) is 6.07 Å². The molecule has 1 aromatic rings. The molecule has 0 amide bonds. The highest BCUT2D eigenvalue weighted by atomic mass is 28.4. The van der Waals surface area contributed by atoms with Crippen molar-refractivity contribution in [3.63, 3.8) is 0 Å². The van der Waals surface area contributed by atoms with E-state index in [-0.39, 0.29) is 5.04 Å². The first-order chi connectivity index (χ1) is 11.2. The zero-order valence-corrected chi connectivity index (χ0v) is 16.5. The summed E-state index contributed by atoms with van der Waals surface area (Å²) in [7, 11) is -1.70. The number of rotatable bonds is 6. The highest BCUT2D eigenvalue weighted by Gasteiger charge is 2.36. The molecule has 0 spiro atoms. The van der Waals surface area contributed by atoms with Crippen LogP contribution >= 0.6 is 0 Å². The van der Waals surface area contributed by atoms with Crippen LogP contribution in [0.4, 0.5) is 5.69 Å². The molecule has 24 heavy (non-hydrogen) atoms. The normalized spacial score (nSPS) is 11.8. The maximum absolute atomic E-state index is 8.58. The van der Waals surface area contributed by atoms with Crippen molar-refractivity contribution >= 4 is 20.1 Å². The second kappa shape index (κ2) is 8.72. The van der Waals surface area contributed by atoms with Crippen LogP contribution in [0.2, 0.25) is 18.1 Å². The third-order valence-electron chi connectivity index (χ3n) is 4.26. The van der Waals surface area contributed by atoms with E-state index >= 15 is 0 Å². The maximum Gasteiger partial charge on any atom is 0.192 e. The van der Waals surface area contributed by atoms with Crippen LogP contribution in [0.1, 0.15) is 33.3 Å². The van der Waals surface area contributed by atoms with Gasteiger partial charge in [-0.2, -0.15) is 0 Å². The second-order valence-electron chi connectivity index (χ2n) is 7.19. The van der Waals surface area contributed by atoms with Crippen molar-refractivity contribution in [1.29, 1.82) is 0 Å². The summed E-state index contributed by atoms with van der Waals surface area (Å²) in [4.78, 5) is 2.84. The van der Waals surface area contributed by atoms with E-state index in [4.69, 9.17) is 9.96 Å². The van der Waals surface area contributed by atoms with Gasteiger partial charge in [-0.15, -0.1) is 5.73 Å². The lowest BCUT2D eigenvalue weighted by Crippen LogP contribution is -2.40. The first-order valence-corrected chi connectivity index (χ1v) is 11.0. The standard InChI is InChI=1S/C19H27N3OSi/c1-16(10-9-15-23-24(5,6)19(2,3)4)13-14-17-11-7-8-12-18(17)21-22-20/h7-12,14H,15H2,1-6H3/b10-9+. The summed E-state index contributed by atoms with van der Waals surface area (Å²) in [5, 5.41) is 3.90. The van der Waals surface area contributed by atoms with Gasteiger partial charge < -0.3 is 4.43 Å². The molecule has 0 aliphatic carbocycles. The van der Waals surface area contributed by atoms with Gasteiger partial charge in [0.15, 0.2) is 8.32 Å². The molecule has 0 fully saturated rings. The first-order valence-electron chi connectivity index (χ1n) is 8.05. The van der Waals surface area contributed by atoms with Crippen molar-refractivity contribution in [1.82, 2.24) is 0 Å². The molecule has 0 N–H and O–H groups in total. The number of benzene rings is 1. The van der Waals surface area contributed by atoms with Gasteiger partial charge in [-0.1, -0.05) is 62.3 Å². The van der Waals surface area contributed by atoms with E-state index < -0.39 is 8.32 Å². The maximum atomic E-state index is 8.58. The van der Waals surface area contributed by atoms with Crippen LogP contribution in [-0.4, -0.2) is 14.9 Å². The fourth-order valence-corrected chi connectivity index (χ4v) is 2.63. The number of nitrogens with zero attached hydrogens (tertiary/aromatic N) is 3. The summed E-state index contributed by atoms with van der Waals surface area (Å²) in [6.45, 7) is 13.8. The van der Waals surface area contributed by atoms with E-state index in [0.29, 0.717) is 12.3 Å². The Labute approximate surface area is 146 Å². The molecule has 0 saturated carbocycles. The lowest BCUT2D eigenvalue weighted by atomic mass is 10.1. The van der Waals surface area contributed by atoms with Crippen molar-refractivity contribution in [2.24, 2.45) is 5.11 Å². The Bertz CT molecular complexity index is 702. The smallest absolute Gasteiger partial charge is 0.192 e. The highest BCUT2D eigenvalue weighted by Crippen LogP contribution is 2.36. The molecular formula is C19H27N3OSi. The number of hydrogen-bond donors (Lipinski definition) is 0. The molecule has 0 radical (unpaired) electrons. The van der Waals surface area contributed by atoms with Crippen LogP contribution < -0.4 is 0 Å². The second-order valence-corrected chi connectivity index (χ2v) is 12.0. The number of hydrogen-bond acceptors (Lipinski definition) is 2. The predicted molar refractivity (Wildman–Crippen MR) is 105 cm³/mol. The number of azide groups is 1. The minimum absolute atomic E-state index is 0.219. The van der Waals surface area contributed by atoms with Crippen molar-refractivity contribution in [3.8, 4) is 0 Å². The minimum atomic E-state index is -1.70. The van der Waals surface area contributed by atoms with Crippen LogP contribution in [-0.2, 0) is 4.43 Å². The number of allylic oxidation sites excluding steroid dienone is 2. The van der Waals surface area contributed by atoms with Gasteiger partial charge in [0.1, 0.15) is 0 Å². The molecule has 5 heteroatoms. The van der Waals surface area contributed by atoms with Crippen LogP contribution in [0.25, 0.3) is 16.5 Å². The molecule has 128 valence electrons. The topological polar surface area (TPSA) is 58.0 Å². The average molecular weight is 342 g/mol. The zero-order chi connectivity index (χ0) is 18.2. The van der Waals surface area contributed by atoms with Gasteiger partial charge in [0.2, 0.25) is 0 Å². The van der Waals surface area contributed by atoms with Crippen molar-refractivity contribution in [3.05, 3.63) is 63.7 Å². The Morgan fingerprint density at radius 3 is 2.62 bits per heavy atom. The highest BCUT2D eigenvalue weighted by molar-refractivity contribution is 6.74. The first kappa shape index (κ1) is 20.0. The molecular weight excluding hydrogens is 314 g/mol.